The van der Waals surface area contributed by atoms with E-state index in [1.54, 1.807) is 4.68 Å². The van der Waals surface area contributed by atoms with Gasteiger partial charge in [0.05, 0.1) is 17.3 Å². The maximum absolute atomic E-state index is 13.0. The first-order valence-electron chi connectivity index (χ1n) is 9.24. The quantitative estimate of drug-likeness (QED) is 0.868. The largest absolute Gasteiger partial charge is 0.444 e. The number of aryl methyl sites for hydroxylation is 1. The van der Waals surface area contributed by atoms with Crippen LogP contribution in [0, 0.1) is 16.7 Å². The van der Waals surface area contributed by atoms with E-state index in [0.717, 1.165) is 11.3 Å². The summed E-state index contributed by atoms with van der Waals surface area (Å²) < 4.78 is 7.50. The number of hydrogen-bond donors (Lipinski definition) is 1. The number of carbonyl (C=O) groups is 1. The predicted octanol–water partition coefficient (Wildman–Crippen LogP) is 3.54. The van der Waals surface area contributed by atoms with Gasteiger partial charge in [-0.1, -0.05) is 44.2 Å². The average molecular weight is 374 g/mol. The van der Waals surface area contributed by atoms with Crippen molar-refractivity contribution in [2.45, 2.75) is 32.6 Å². The van der Waals surface area contributed by atoms with Crippen LogP contribution in [0.1, 0.15) is 38.3 Å². The number of Topliss-reactive ketones (excluding diaryl/α,β-unsaturated/α-hetero) is 1. The standard InChI is InChI=1S/C22H22N4O2/c1-22(2)10-17(27)20-18(11-22)28-21(24)14(12-23)19(20)15-9-16(26(3)25-15)13-7-5-4-6-8-13/h4-9,19H,10-11,24H2,1-3H3/t19-/m0/s1. The van der Waals surface area contributed by atoms with Crippen LogP contribution in [-0.4, -0.2) is 15.6 Å². The van der Waals surface area contributed by atoms with Crippen molar-refractivity contribution in [3.05, 3.63) is 64.9 Å². The molecule has 142 valence electrons. The molecule has 1 aromatic carbocycles. The summed E-state index contributed by atoms with van der Waals surface area (Å²) in [5.41, 5.74) is 9.17. The van der Waals surface area contributed by atoms with Crippen molar-refractivity contribution >= 4 is 5.78 Å². The number of ether oxygens (including phenoxy) is 1. The predicted molar refractivity (Wildman–Crippen MR) is 104 cm³/mol. The second kappa shape index (κ2) is 6.38. The van der Waals surface area contributed by atoms with Crippen LogP contribution in [-0.2, 0) is 16.6 Å². The molecule has 0 unspecified atom stereocenters. The van der Waals surface area contributed by atoms with Gasteiger partial charge in [0.1, 0.15) is 17.4 Å². The van der Waals surface area contributed by atoms with Crippen LogP contribution in [0.4, 0.5) is 0 Å². The van der Waals surface area contributed by atoms with Gasteiger partial charge in [0, 0.05) is 25.5 Å². The summed E-state index contributed by atoms with van der Waals surface area (Å²) in [6.07, 6.45) is 1.01. The van der Waals surface area contributed by atoms with Gasteiger partial charge in [-0.3, -0.25) is 9.48 Å². The maximum Gasteiger partial charge on any atom is 0.205 e. The molecule has 0 radical (unpaired) electrons. The minimum Gasteiger partial charge on any atom is -0.444 e. The molecule has 28 heavy (non-hydrogen) atoms. The molecule has 6 heteroatoms. The Labute approximate surface area is 163 Å². The molecule has 2 aromatic rings. The fraction of sp³-hybridized carbons (Fsp3) is 0.318. The molecule has 4 rings (SSSR count). The van der Waals surface area contributed by atoms with E-state index in [1.165, 1.54) is 0 Å². The second-order valence-electron chi connectivity index (χ2n) is 8.15. The highest BCUT2D eigenvalue weighted by Crippen LogP contribution is 2.47. The number of rotatable bonds is 2. The molecular weight excluding hydrogens is 352 g/mol. The van der Waals surface area contributed by atoms with Gasteiger partial charge >= 0.3 is 0 Å². The highest BCUT2D eigenvalue weighted by molar-refractivity contribution is 6.00. The first-order chi connectivity index (χ1) is 13.3. The summed E-state index contributed by atoms with van der Waals surface area (Å²) in [7, 11) is 1.85. The Bertz CT molecular complexity index is 1070. The molecule has 6 nitrogen and oxygen atoms in total. The lowest BCUT2D eigenvalue weighted by Crippen LogP contribution is -2.33. The zero-order chi connectivity index (χ0) is 20.1. The van der Waals surface area contributed by atoms with Crippen LogP contribution in [0.25, 0.3) is 11.3 Å². The summed E-state index contributed by atoms with van der Waals surface area (Å²) in [5, 5.41) is 14.4. The second-order valence-corrected chi connectivity index (χ2v) is 8.15. The SMILES string of the molecule is Cn1nc([C@@H]2C(C#N)=C(N)OC3=C2C(=O)CC(C)(C)C3)cc1-c1ccccc1. The number of nitrogens with two attached hydrogens (primary N) is 1. The minimum absolute atomic E-state index is 0.0107. The minimum atomic E-state index is -0.596. The number of benzene rings is 1. The Balaban J connectivity index is 1.87. The van der Waals surface area contributed by atoms with Crippen LogP contribution in [0.5, 0.6) is 0 Å². The summed E-state index contributed by atoms with van der Waals surface area (Å²) in [6, 6.07) is 13.9. The zero-order valence-electron chi connectivity index (χ0n) is 16.2. The fourth-order valence-electron chi connectivity index (χ4n) is 4.09. The summed E-state index contributed by atoms with van der Waals surface area (Å²) in [5.74, 6) is 0.0164. The molecule has 0 spiro atoms. The van der Waals surface area contributed by atoms with Gasteiger partial charge < -0.3 is 10.5 Å². The Morgan fingerprint density at radius 3 is 2.68 bits per heavy atom. The van der Waals surface area contributed by atoms with Crippen molar-refractivity contribution in [2.75, 3.05) is 0 Å². The smallest absolute Gasteiger partial charge is 0.205 e. The first-order valence-corrected chi connectivity index (χ1v) is 9.24. The fourth-order valence-corrected chi connectivity index (χ4v) is 4.09. The molecule has 1 aliphatic carbocycles. The van der Waals surface area contributed by atoms with Crippen molar-refractivity contribution in [1.82, 2.24) is 9.78 Å². The lowest BCUT2D eigenvalue weighted by atomic mass is 9.71. The molecule has 1 aliphatic heterocycles. The van der Waals surface area contributed by atoms with Crippen LogP contribution in [0.3, 0.4) is 0 Å². The van der Waals surface area contributed by atoms with Crippen molar-refractivity contribution in [3.63, 3.8) is 0 Å². The number of ketones is 1. The number of hydrogen-bond acceptors (Lipinski definition) is 5. The van der Waals surface area contributed by atoms with Gasteiger partial charge in [-0.2, -0.15) is 10.4 Å². The summed E-state index contributed by atoms with van der Waals surface area (Å²) >= 11 is 0. The molecule has 2 aliphatic rings. The molecule has 0 fully saturated rings. The van der Waals surface area contributed by atoms with Crippen molar-refractivity contribution < 1.29 is 9.53 Å². The molecule has 2 heterocycles. The Morgan fingerprint density at radius 1 is 1.29 bits per heavy atom. The van der Waals surface area contributed by atoms with Crippen molar-refractivity contribution in [2.24, 2.45) is 18.2 Å². The third kappa shape index (κ3) is 2.89. The van der Waals surface area contributed by atoms with Crippen LogP contribution in [0.2, 0.25) is 0 Å². The summed E-state index contributed by atoms with van der Waals surface area (Å²) in [4.78, 5) is 13.0. The lowest BCUT2D eigenvalue weighted by molar-refractivity contribution is -0.119. The topological polar surface area (TPSA) is 93.9 Å². The third-order valence-corrected chi connectivity index (χ3v) is 5.34. The van der Waals surface area contributed by atoms with Crippen molar-refractivity contribution in [3.8, 4) is 17.3 Å². The van der Waals surface area contributed by atoms with E-state index in [1.807, 2.05) is 57.3 Å². The van der Waals surface area contributed by atoms with E-state index >= 15 is 0 Å². The Hall–Kier alpha value is -3.33. The number of aromatic nitrogens is 2. The molecule has 0 saturated carbocycles. The Morgan fingerprint density at radius 2 is 2.00 bits per heavy atom. The Kier molecular flexibility index (Phi) is 4.11. The highest BCUT2D eigenvalue weighted by Gasteiger charge is 2.43. The number of allylic oxidation sites excluding steroid dienone is 3. The van der Waals surface area contributed by atoms with Crippen molar-refractivity contribution in [1.29, 1.82) is 5.26 Å². The van der Waals surface area contributed by atoms with Gasteiger partial charge in [-0.15, -0.1) is 0 Å². The monoisotopic (exact) mass is 374 g/mol. The molecule has 0 saturated heterocycles. The third-order valence-electron chi connectivity index (χ3n) is 5.34. The van der Waals surface area contributed by atoms with Crippen LogP contribution < -0.4 is 5.73 Å². The zero-order valence-corrected chi connectivity index (χ0v) is 16.2. The van der Waals surface area contributed by atoms with E-state index in [9.17, 15) is 10.1 Å². The number of carbonyl (C=O) groups excluding carboxylic acids is 1. The average Bonchev–Trinajstić information content (AvgIpc) is 3.01. The van der Waals surface area contributed by atoms with E-state index in [2.05, 4.69) is 11.2 Å². The van der Waals surface area contributed by atoms with Crippen LogP contribution >= 0.6 is 0 Å². The normalized spacial score (nSPS) is 21.2. The van der Waals surface area contributed by atoms with Gasteiger partial charge in [-0.05, 0) is 17.0 Å². The van der Waals surface area contributed by atoms with Gasteiger partial charge in [0.25, 0.3) is 0 Å². The summed E-state index contributed by atoms with van der Waals surface area (Å²) in [6.45, 7) is 4.06. The van der Waals surface area contributed by atoms with Gasteiger partial charge in [-0.25, -0.2) is 0 Å². The van der Waals surface area contributed by atoms with E-state index in [4.69, 9.17) is 10.5 Å². The van der Waals surface area contributed by atoms with Gasteiger partial charge in [0.2, 0.25) is 5.88 Å². The molecule has 1 atom stereocenters. The van der Waals surface area contributed by atoms with Crippen LogP contribution in [0.15, 0.2) is 59.2 Å². The highest BCUT2D eigenvalue weighted by atomic mass is 16.5. The molecule has 1 aromatic heterocycles. The lowest BCUT2D eigenvalue weighted by Gasteiger charge is -2.36. The molecule has 2 N–H and O–H groups in total. The van der Waals surface area contributed by atoms with Gasteiger partial charge in [0.15, 0.2) is 5.78 Å². The van der Waals surface area contributed by atoms with E-state index in [0.29, 0.717) is 29.9 Å². The molecule has 0 amide bonds. The maximum atomic E-state index is 13.0. The molecular formula is C22H22N4O2. The number of nitrogens with zero attached hydrogens (tertiary/aromatic N) is 3. The number of nitriles is 1. The van der Waals surface area contributed by atoms with E-state index in [-0.39, 0.29) is 22.7 Å². The first kappa shape index (κ1) is 18.1. The molecule has 0 bridgehead atoms. The van der Waals surface area contributed by atoms with E-state index < -0.39 is 5.92 Å².